The molecule has 1 atom stereocenters. The van der Waals surface area contributed by atoms with Crippen molar-refractivity contribution in [2.45, 2.75) is 6.04 Å². The maximum absolute atomic E-state index is 9.58. The fourth-order valence-corrected chi connectivity index (χ4v) is 0.189. The highest BCUT2D eigenvalue weighted by molar-refractivity contribution is 9.09. The predicted octanol–water partition coefficient (Wildman–Crippen LogP) is -0.0925. The zero-order chi connectivity index (χ0) is 4.99. The van der Waals surface area contributed by atoms with Gasteiger partial charge < -0.3 is 10.5 Å². The fourth-order valence-electron chi connectivity index (χ4n) is 0.0364. The van der Waals surface area contributed by atoms with Gasteiger partial charge in [-0.15, -0.1) is 0 Å². The van der Waals surface area contributed by atoms with Gasteiger partial charge in [-0.05, 0) is 0 Å². The first-order valence-electron chi connectivity index (χ1n) is 1.58. The maximum Gasteiger partial charge on any atom is 0.137 e. The van der Waals surface area contributed by atoms with E-state index in [1.54, 1.807) is 0 Å². The van der Waals surface area contributed by atoms with Crippen LogP contribution in [0.3, 0.4) is 0 Å². The molecule has 2 N–H and O–H groups in total. The highest BCUT2D eigenvalue weighted by Crippen LogP contribution is 1.79. The molecule has 0 saturated heterocycles. The Morgan fingerprint density at radius 1 is 2.00 bits per heavy atom. The molecule has 1 unspecified atom stereocenters. The van der Waals surface area contributed by atoms with Gasteiger partial charge in [-0.2, -0.15) is 0 Å². The topological polar surface area (TPSA) is 43.1 Å². The molecule has 0 rings (SSSR count). The Kier molecular flexibility index (Phi) is 3.37. The van der Waals surface area contributed by atoms with Crippen molar-refractivity contribution in [2.24, 2.45) is 5.73 Å². The molecular formula is C3H6BrNO. The van der Waals surface area contributed by atoms with Crippen LogP contribution in [0, 0.1) is 0 Å². The third-order valence-electron chi connectivity index (χ3n) is 0.353. The van der Waals surface area contributed by atoms with E-state index in [1.807, 2.05) is 0 Å². The summed E-state index contributed by atoms with van der Waals surface area (Å²) in [6, 6.07) is -0.329. The summed E-state index contributed by atoms with van der Waals surface area (Å²) in [6.07, 6.45) is 0.703. The Balaban J connectivity index is 2.96. The minimum absolute atomic E-state index is 0.329. The van der Waals surface area contributed by atoms with Gasteiger partial charge in [0.1, 0.15) is 6.29 Å². The predicted molar refractivity (Wildman–Crippen MR) is 27.8 cm³/mol. The Morgan fingerprint density at radius 3 is 2.50 bits per heavy atom. The van der Waals surface area contributed by atoms with Gasteiger partial charge >= 0.3 is 0 Å². The number of hydrogen-bond acceptors (Lipinski definition) is 2. The van der Waals surface area contributed by atoms with E-state index in [2.05, 4.69) is 15.9 Å². The van der Waals surface area contributed by atoms with Gasteiger partial charge in [0, 0.05) is 5.33 Å². The Morgan fingerprint density at radius 2 is 2.50 bits per heavy atom. The summed E-state index contributed by atoms with van der Waals surface area (Å²) in [7, 11) is 0. The van der Waals surface area contributed by atoms with Gasteiger partial charge in [0.15, 0.2) is 0 Å². The summed E-state index contributed by atoms with van der Waals surface area (Å²) < 4.78 is 0. The minimum atomic E-state index is -0.329. The number of aldehydes is 1. The van der Waals surface area contributed by atoms with E-state index in [4.69, 9.17) is 5.73 Å². The standard InChI is InChI=1S/C3H6BrNO/c4-1-3(5)2-6/h2-3H,1,5H2. The van der Waals surface area contributed by atoms with E-state index >= 15 is 0 Å². The summed E-state index contributed by atoms with van der Waals surface area (Å²) in [5.74, 6) is 0. The minimum Gasteiger partial charge on any atom is -0.321 e. The van der Waals surface area contributed by atoms with Crippen molar-refractivity contribution >= 4 is 22.2 Å². The van der Waals surface area contributed by atoms with Crippen LogP contribution in [-0.2, 0) is 4.79 Å². The summed E-state index contributed by atoms with van der Waals surface area (Å²) in [5.41, 5.74) is 5.06. The summed E-state index contributed by atoms with van der Waals surface area (Å²) >= 11 is 3.02. The first kappa shape index (κ1) is 6.11. The third-order valence-corrected chi connectivity index (χ3v) is 1.10. The molecule has 0 aliphatic rings. The zero-order valence-electron chi connectivity index (χ0n) is 3.23. The average molecular weight is 152 g/mol. The van der Waals surface area contributed by atoms with Gasteiger partial charge in [-0.25, -0.2) is 0 Å². The zero-order valence-corrected chi connectivity index (χ0v) is 4.81. The number of carbonyl (C=O) groups is 1. The van der Waals surface area contributed by atoms with Crippen molar-refractivity contribution in [2.75, 3.05) is 5.33 Å². The second-order valence-corrected chi connectivity index (χ2v) is 1.60. The van der Waals surface area contributed by atoms with Crippen LogP contribution < -0.4 is 5.73 Å². The molecular weight excluding hydrogens is 146 g/mol. The molecule has 0 aliphatic heterocycles. The highest BCUT2D eigenvalue weighted by Gasteiger charge is 1.90. The van der Waals surface area contributed by atoms with Crippen molar-refractivity contribution < 1.29 is 4.79 Å². The largest absolute Gasteiger partial charge is 0.321 e. The van der Waals surface area contributed by atoms with Crippen LogP contribution in [0.1, 0.15) is 0 Å². The van der Waals surface area contributed by atoms with Crippen LogP contribution in [0.5, 0.6) is 0 Å². The number of alkyl halides is 1. The van der Waals surface area contributed by atoms with Gasteiger partial charge in [0.2, 0.25) is 0 Å². The number of nitrogens with two attached hydrogens (primary N) is 1. The van der Waals surface area contributed by atoms with Crippen LogP contribution in [0.4, 0.5) is 0 Å². The van der Waals surface area contributed by atoms with Gasteiger partial charge in [-0.3, -0.25) is 0 Å². The van der Waals surface area contributed by atoms with E-state index in [9.17, 15) is 4.79 Å². The van der Waals surface area contributed by atoms with E-state index in [0.29, 0.717) is 11.6 Å². The van der Waals surface area contributed by atoms with Crippen LogP contribution in [0.25, 0.3) is 0 Å². The molecule has 0 amide bonds. The van der Waals surface area contributed by atoms with Crippen molar-refractivity contribution in [1.29, 1.82) is 0 Å². The fraction of sp³-hybridized carbons (Fsp3) is 0.667. The Labute approximate surface area is 44.8 Å². The van der Waals surface area contributed by atoms with Gasteiger partial charge in [0.05, 0.1) is 6.04 Å². The lowest BCUT2D eigenvalue weighted by molar-refractivity contribution is -0.108. The summed E-state index contributed by atoms with van der Waals surface area (Å²) in [5, 5.41) is 0.552. The molecule has 2 nitrogen and oxygen atoms in total. The second-order valence-electron chi connectivity index (χ2n) is 0.954. The molecule has 0 radical (unpaired) electrons. The van der Waals surface area contributed by atoms with E-state index in [0.717, 1.165) is 0 Å². The molecule has 0 aromatic carbocycles. The highest BCUT2D eigenvalue weighted by atomic mass is 79.9. The maximum atomic E-state index is 9.58. The molecule has 36 valence electrons. The SMILES string of the molecule is NC(C=O)CBr. The van der Waals surface area contributed by atoms with Crippen LogP contribution in [-0.4, -0.2) is 17.7 Å². The lowest BCUT2D eigenvalue weighted by atomic mass is 10.4. The van der Waals surface area contributed by atoms with Crippen molar-refractivity contribution in [1.82, 2.24) is 0 Å². The molecule has 0 aromatic heterocycles. The van der Waals surface area contributed by atoms with Crippen molar-refractivity contribution in [3.8, 4) is 0 Å². The third kappa shape index (κ3) is 2.35. The first-order valence-corrected chi connectivity index (χ1v) is 2.70. The molecule has 0 aromatic rings. The van der Waals surface area contributed by atoms with Crippen molar-refractivity contribution in [3.63, 3.8) is 0 Å². The Hall–Kier alpha value is 0.110. The van der Waals surface area contributed by atoms with Gasteiger partial charge in [0.25, 0.3) is 0 Å². The molecule has 3 heteroatoms. The van der Waals surface area contributed by atoms with Gasteiger partial charge in [-0.1, -0.05) is 15.9 Å². The molecule has 0 fully saturated rings. The molecule has 0 bridgehead atoms. The van der Waals surface area contributed by atoms with Crippen molar-refractivity contribution in [3.05, 3.63) is 0 Å². The van der Waals surface area contributed by atoms with E-state index in [1.165, 1.54) is 0 Å². The molecule has 0 saturated carbocycles. The summed E-state index contributed by atoms with van der Waals surface area (Å²) in [4.78, 5) is 9.58. The quantitative estimate of drug-likeness (QED) is 0.443. The van der Waals surface area contributed by atoms with E-state index in [-0.39, 0.29) is 6.04 Å². The smallest absolute Gasteiger partial charge is 0.137 e. The normalized spacial score (nSPS) is 13.7. The number of rotatable bonds is 2. The average Bonchev–Trinajstić information content (AvgIpc) is 1.65. The van der Waals surface area contributed by atoms with Crippen LogP contribution in [0.2, 0.25) is 0 Å². The molecule has 6 heavy (non-hydrogen) atoms. The van der Waals surface area contributed by atoms with E-state index < -0.39 is 0 Å². The molecule has 0 heterocycles. The summed E-state index contributed by atoms with van der Waals surface area (Å²) in [6.45, 7) is 0. The lowest BCUT2D eigenvalue weighted by Crippen LogP contribution is -2.22. The monoisotopic (exact) mass is 151 g/mol. The Bertz CT molecular complexity index is 48.1. The number of hydrogen-bond donors (Lipinski definition) is 1. The van der Waals surface area contributed by atoms with Crippen LogP contribution >= 0.6 is 15.9 Å². The number of halogens is 1. The second kappa shape index (κ2) is 3.31. The lowest BCUT2D eigenvalue weighted by Gasteiger charge is -1.89. The molecule has 0 spiro atoms. The van der Waals surface area contributed by atoms with Crippen LogP contribution in [0.15, 0.2) is 0 Å². The number of carbonyl (C=O) groups excluding carboxylic acids is 1. The molecule has 0 aliphatic carbocycles. The first-order chi connectivity index (χ1) is 2.81.